The minimum absolute atomic E-state index is 0.115. The van der Waals surface area contributed by atoms with Gasteiger partial charge in [-0.1, -0.05) is 12.1 Å². The second-order valence-corrected chi connectivity index (χ2v) is 6.16. The summed E-state index contributed by atoms with van der Waals surface area (Å²) in [5, 5.41) is 0. The van der Waals surface area contributed by atoms with E-state index in [-0.39, 0.29) is 5.91 Å². The first kappa shape index (κ1) is 17.0. The highest BCUT2D eigenvalue weighted by atomic mass is 16.4. The van der Waals surface area contributed by atoms with Crippen LogP contribution in [0.3, 0.4) is 0 Å². The van der Waals surface area contributed by atoms with E-state index in [1.54, 1.807) is 43.3 Å². The van der Waals surface area contributed by atoms with Gasteiger partial charge in [-0.25, -0.2) is 9.78 Å². The van der Waals surface area contributed by atoms with Gasteiger partial charge in [-0.05, 0) is 32.4 Å². The van der Waals surface area contributed by atoms with Crippen LogP contribution in [0.4, 0.5) is 0 Å². The highest BCUT2D eigenvalue weighted by Gasteiger charge is 2.23. The molecule has 25 heavy (non-hydrogen) atoms. The summed E-state index contributed by atoms with van der Waals surface area (Å²) in [6.45, 7) is 5.08. The molecule has 3 aromatic rings. The molecule has 0 bridgehead atoms. The van der Waals surface area contributed by atoms with Crippen LogP contribution in [0.1, 0.15) is 25.2 Å². The molecular weight excluding hydrogens is 320 g/mol. The fraction of sp³-hybridized carbons (Fsp3) is 0.389. The molecular formula is C18H22N4O3. The first-order valence-corrected chi connectivity index (χ1v) is 8.32. The Morgan fingerprint density at radius 2 is 2.12 bits per heavy atom. The minimum atomic E-state index is -0.615. The molecule has 132 valence electrons. The van der Waals surface area contributed by atoms with Gasteiger partial charge in [0.1, 0.15) is 11.9 Å². The topological polar surface area (TPSA) is 73.3 Å². The summed E-state index contributed by atoms with van der Waals surface area (Å²) in [4.78, 5) is 30.7. The van der Waals surface area contributed by atoms with Crippen LogP contribution in [-0.4, -0.2) is 38.5 Å². The summed E-state index contributed by atoms with van der Waals surface area (Å²) in [5.74, 6) is 0.333. The lowest BCUT2D eigenvalue weighted by molar-refractivity contribution is -0.133. The lowest BCUT2D eigenvalue weighted by Crippen LogP contribution is -2.36. The number of rotatable bonds is 6. The first-order chi connectivity index (χ1) is 12.0. The van der Waals surface area contributed by atoms with Crippen molar-refractivity contribution in [2.75, 3.05) is 13.6 Å². The van der Waals surface area contributed by atoms with Crippen LogP contribution in [0, 0.1) is 6.92 Å². The molecule has 7 nitrogen and oxygen atoms in total. The van der Waals surface area contributed by atoms with Crippen molar-refractivity contribution in [3.8, 4) is 0 Å². The maximum absolute atomic E-state index is 12.7. The standard InChI is InChI=1S/C18H22N4O3/c1-13(22-15-7-4-5-8-16(15)25-18(22)24)17(23)20(3)10-6-11-21-12-9-19-14(21)2/h4-5,7-9,12-13H,6,10-11H2,1-3H3/t13-/m1/s1. The van der Waals surface area contributed by atoms with Crippen LogP contribution < -0.4 is 5.76 Å². The zero-order chi connectivity index (χ0) is 18.0. The van der Waals surface area contributed by atoms with Crippen LogP contribution in [-0.2, 0) is 11.3 Å². The Balaban J connectivity index is 1.68. The number of benzene rings is 1. The van der Waals surface area contributed by atoms with Crippen molar-refractivity contribution in [2.24, 2.45) is 0 Å². The van der Waals surface area contributed by atoms with Crippen LogP contribution in [0.5, 0.6) is 0 Å². The van der Waals surface area contributed by atoms with Crippen molar-refractivity contribution in [2.45, 2.75) is 32.9 Å². The summed E-state index contributed by atoms with van der Waals surface area (Å²) in [7, 11) is 1.76. The van der Waals surface area contributed by atoms with Crippen LogP contribution in [0.25, 0.3) is 11.1 Å². The SMILES string of the molecule is Cc1nccn1CCCN(C)C(=O)[C@@H](C)n1c(=O)oc2ccccc21. The Bertz CT molecular complexity index is 937. The van der Waals surface area contributed by atoms with Gasteiger partial charge in [0.25, 0.3) is 0 Å². The third-order valence-corrected chi connectivity index (χ3v) is 4.46. The third kappa shape index (κ3) is 3.35. The molecule has 1 atom stereocenters. The largest absolute Gasteiger partial charge is 0.420 e. The van der Waals surface area contributed by atoms with Crippen molar-refractivity contribution in [3.63, 3.8) is 0 Å². The van der Waals surface area contributed by atoms with E-state index in [0.717, 1.165) is 18.8 Å². The lowest BCUT2D eigenvalue weighted by atomic mass is 10.2. The maximum atomic E-state index is 12.7. The van der Waals surface area contributed by atoms with E-state index in [1.165, 1.54) is 4.57 Å². The Labute approximate surface area is 145 Å². The Morgan fingerprint density at radius 1 is 1.36 bits per heavy atom. The normalized spacial score (nSPS) is 12.4. The van der Waals surface area contributed by atoms with Gasteiger partial charge in [-0.15, -0.1) is 0 Å². The molecule has 2 aromatic heterocycles. The van der Waals surface area contributed by atoms with E-state index < -0.39 is 11.8 Å². The fourth-order valence-corrected chi connectivity index (χ4v) is 3.01. The van der Waals surface area contributed by atoms with Crippen molar-refractivity contribution >= 4 is 17.0 Å². The summed E-state index contributed by atoms with van der Waals surface area (Å²) in [6.07, 6.45) is 4.51. The predicted octanol–water partition coefficient (Wildman–Crippen LogP) is 2.21. The van der Waals surface area contributed by atoms with E-state index in [2.05, 4.69) is 9.55 Å². The van der Waals surface area contributed by atoms with Crippen molar-refractivity contribution in [3.05, 3.63) is 53.0 Å². The molecule has 0 N–H and O–H groups in total. The number of carbonyl (C=O) groups is 1. The maximum Gasteiger partial charge on any atom is 0.420 e. The summed E-state index contributed by atoms with van der Waals surface area (Å²) in [5.41, 5.74) is 1.13. The highest BCUT2D eigenvalue weighted by Crippen LogP contribution is 2.18. The first-order valence-electron chi connectivity index (χ1n) is 8.32. The molecule has 0 radical (unpaired) electrons. The number of para-hydroxylation sites is 2. The number of fused-ring (bicyclic) bond motifs is 1. The molecule has 0 spiro atoms. The van der Waals surface area contributed by atoms with Gasteiger partial charge >= 0.3 is 5.76 Å². The number of carbonyl (C=O) groups excluding carboxylic acids is 1. The molecule has 1 amide bonds. The molecule has 0 saturated heterocycles. The lowest BCUT2D eigenvalue weighted by Gasteiger charge is -2.22. The van der Waals surface area contributed by atoms with E-state index in [9.17, 15) is 9.59 Å². The van der Waals surface area contributed by atoms with E-state index in [0.29, 0.717) is 17.6 Å². The zero-order valence-electron chi connectivity index (χ0n) is 14.7. The highest BCUT2D eigenvalue weighted by molar-refractivity contribution is 5.82. The molecule has 0 saturated carbocycles. The van der Waals surface area contributed by atoms with Gasteiger partial charge in [-0.2, -0.15) is 0 Å². The Kier molecular flexibility index (Phi) is 4.74. The smallest absolute Gasteiger partial charge is 0.408 e. The number of likely N-dealkylation sites (N-methyl/N-ethyl adjacent to an activating group) is 1. The molecule has 3 rings (SSSR count). The van der Waals surface area contributed by atoms with Crippen molar-refractivity contribution < 1.29 is 9.21 Å². The number of amides is 1. The zero-order valence-corrected chi connectivity index (χ0v) is 14.7. The average Bonchev–Trinajstić information content (AvgIpc) is 3.15. The quantitative estimate of drug-likeness (QED) is 0.688. The molecule has 0 aliphatic heterocycles. The number of hydrogen-bond donors (Lipinski definition) is 0. The third-order valence-electron chi connectivity index (χ3n) is 4.46. The van der Waals surface area contributed by atoms with Gasteiger partial charge in [0.15, 0.2) is 5.58 Å². The predicted molar refractivity (Wildman–Crippen MR) is 94.4 cm³/mol. The molecule has 0 unspecified atom stereocenters. The number of aryl methyl sites for hydroxylation is 2. The fourth-order valence-electron chi connectivity index (χ4n) is 3.01. The molecule has 7 heteroatoms. The number of oxazole rings is 1. The van der Waals surface area contributed by atoms with Crippen molar-refractivity contribution in [1.29, 1.82) is 0 Å². The number of nitrogens with zero attached hydrogens (tertiary/aromatic N) is 4. The van der Waals surface area contributed by atoms with Gasteiger partial charge in [-0.3, -0.25) is 9.36 Å². The van der Waals surface area contributed by atoms with Gasteiger partial charge in [0.2, 0.25) is 5.91 Å². The Hall–Kier alpha value is -2.83. The second-order valence-electron chi connectivity index (χ2n) is 6.16. The average molecular weight is 342 g/mol. The summed E-state index contributed by atoms with van der Waals surface area (Å²) < 4.78 is 8.68. The van der Waals surface area contributed by atoms with Crippen molar-refractivity contribution in [1.82, 2.24) is 19.0 Å². The van der Waals surface area contributed by atoms with Gasteiger partial charge in [0, 0.05) is 32.5 Å². The number of hydrogen-bond acceptors (Lipinski definition) is 4. The Morgan fingerprint density at radius 3 is 2.84 bits per heavy atom. The number of aromatic nitrogens is 3. The molecule has 0 fully saturated rings. The molecule has 0 aliphatic carbocycles. The molecule has 0 aliphatic rings. The summed E-state index contributed by atoms with van der Waals surface area (Å²) >= 11 is 0. The monoisotopic (exact) mass is 342 g/mol. The van der Waals surface area contributed by atoms with Crippen LogP contribution >= 0.6 is 0 Å². The number of imidazole rings is 1. The molecule has 1 aromatic carbocycles. The molecule has 2 heterocycles. The van der Waals surface area contributed by atoms with E-state index in [4.69, 9.17) is 4.42 Å². The summed E-state index contributed by atoms with van der Waals surface area (Å²) in [6, 6.07) is 6.51. The van der Waals surface area contributed by atoms with Crippen LogP contribution in [0.2, 0.25) is 0 Å². The van der Waals surface area contributed by atoms with Crippen LogP contribution in [0.15, 0.2) is 45.9 Å². The minimum Gasteiger partial charge on any atom is -0.408 e. The van der Waals surface area contributed by atoms with E-state index in [1.807, 2.05) is 19.2 Å². The van der Waals surface area contributed by atoms with Gasteiger partial charge in [0.05, 0.1) is 5.52 Å². The second kappa shape index (κ2) is 6.96. The van der Waals surface area contributed by atoms with Gasteiger partial charge < -0.3 is 13.9 Å². The van der Waals surface area contributed by atoms with E-state index >= 15 is 0 Å².